The lowest BCUT2D eigenvalue weighted by molar-refractivity contribution is -0.132. The summed E-state index contributed by atoms with van der Waals surface area (Å²) < 4.78 is 0.875. The summed E-state index contributed by atoms with van der Waals surface area (Å²) in [6.45, 7) is 22.2. The van der Waals surface area contributed by atoms with Gasteiger partial charge in [0.1, 0.15) is 11.6 Å². The molecule has 5 atom stereocenters. The number of aliphatic hydroxyl groups excluding tert-OH is 1. The molecule has 1 aliphatic heterocycles. The summed E-state index contributed by atoms with van der Waals surface area (Å²) in [5, 5.41) is 56.3. The van der Waals surface area contributed by atoms with Gasteiger partial charge in [-0.15, -0.1) is 5.11 Å². The minimum atomic E-state index is -1.72. The van der Waals surface area contributed by atoms with Gasteiger partial charge in [-0.2, -0.15) is 20.7 Å². The van der Waals surface area contributed by atoms with Gasteiger partial charge in [0.25, 0.3) is 23.3 Å². The Morgan fingerprint density at radius 2 is 1.15 bits per heavy atom. The zero-order valence-electron chi connectivity index (χ0n) is 48.6. The number of aliphatic hydroxyl groups is 1. The van der Waals surface area contributed by atoms with E-state index in [1.165, 1.54) is 13.8 Å². The van der Waals surface area contributed by atoms with E-state index in [0.717, 1.165) is 112 Å². The zero-order valence-corrected chi connectivity index (χ0v) is 48.6. The first-order valence-corrected chi connectivity index (χ1v) is 29.1. The second-order valence-corrected chi connectivity index (χ2v) is 21.3. The maximum absolute atomic E-state index is 14.4. The summed E-state index contributed by atoms with van der Waals surface area (Å²) in [5.74, 6) is -0.140. The fourth-order valence-corrected chi connectivity index (χ4v) is 10.3. The number of aromatic nitrogens is 1. The van der Waals surface area contributed by atoms with Crippen molar-refractivity contribution in [2.24, 2.45) is 39.0 Å². The van der Waals surface area contributed by atoms with Gasteiger partial charge in [0.15, 0.2) is 17.6 Å². The van der Waals surface area contributed by atoms with E-state index < -0.39 is 36.7 Å². The maximum atomic E-state index is 14.4. The first kappa shape index (κ1) is 63.9. The Morgan fingerprint density at radius 3 is 1.60 bits per heavy atom. The third kappa shape index (κ3) is 17.4. The molecule has 16 nitrogen and oxygen atoms in total. The van der Waals surface area contributed by atoms with Gasteiger partial charge in [0, 0.05) is 61.5 Å². The van der Waals surface area contributed by atoms with Crippen LogP contribution in [0.1, 0.15) is 197 Å². The predicted octanol–water partition coefficient (Wildman–Crippen LogP) is 13.4. The number of unbranched alkanes of at least 4 members (excludes halogenated alkanes) is 4. The number of amides is 3. The molecule has 1 aromatic heterocycles. The van der Waals surface area contributed by atoms with Gasteiger partial charge in [-0.25, -0.2) is 0 Å². The Hall–Kier alpha value is -6.65. The largest absolute Gasteiger partial charge is 0.493 e. The Kier molecular flexibility index (Phi) is 27.0. The van der Waals surface area contributed by atoms with E-state index in [4.69, 9.17) is 0 Å². The summed E-state index contributed by atoms with van der Waals surface area (Å²) in [4.78, 5) is 62.1. The lowest BCUT2D eigenvalue weighted by Gasteiger charge is -2.33. The number of nitriles is 2. The SMILES string of the molecule is CCCCC(CC)CN(CC(CC)CCCC)C(=O)c1cccc(N=Nc2c(C)c(C#N)c(O)n(CCN3C(=O)C(=NNc4cccc(C(=O)N(CC(CC)CCCC)CC(CC)CCCC)c4)C(C)=C(C#N)C3O)c2=O)c1. The van der Waals surface area contributed by atoms with E-state index in [2.05, 4.69) is 76.1 Å². The van der Waals surface area contributed by atoms with Crippen LogP contribution in [-0.4, -0.2) is 91.9 Å². The number of nitrogens with zero attached hydrogens (tertiary/aromatic N) is 9. The Labute approximate surface area is 465 Å². The van der Waals surface area contributed by atoms with E-state index in [0.29, 0.717) is 72.4 Å². The average Bonchev–Trinajstić information content (AvgIpc) is 3.48. The van der Waals surface area contributed by atoms with Crippen molar-refractivity contribution in [2.45, 2.75) is 185 Å². The number of rotatable bonds is 33. The van der Waals surface area contributed by atoms with Crippen LogP contribution in [0.15, 0.2) is 79.8 Å². The molecule has 0 radical (unpaired) electrons. The van der Waals surface area contributed by atoms with Crippen LogP contribution >= 0.6 is 0 Å². The van der Waals surface area contributed by atoms with Crippen molar-refractivity contribution < 1.29 is 24.6 Å². The molecular weight excluding hydrogens is 981 g/mol. The quantitative estimate of drug-likeness (QED) is 0.0389. The fraction of sp³-hybridized carbons (Fsp3) is 0.597. The number of aromatic hydroxyl groups is 1. The van der Waals surface area contributed by atoms with E-state index in [1.54, 1.807) is 48.5 Å². The molecule has 0 aliphatic carbocycles. The van der Waals surface area contributed by atoms with Crippen LogP contribution in [0.25, 0.3) is 0 Å². The first-order valence-electron chi connectivity index (χ1n) is 29.1. The van der Waals surface area contributed by atoms with Crippen molar-refractivity contribution in [1.29, 1.82) is 10.5 Å². The molecule has 0 bridgehead atoms. The second kappa shape index (κ2) is 32.9. The molecular formula is C62H90N10O6. The Bertz CT molecular complexity index is 2660. The van der Waals surface area contributed by atoms with Crippen LogP contribution in [0.3, 0.4) is 0 Å². The van der Waals surface area contributed by atoms with Crippen molar-refractivity contribution in [3.8, 4) is 18.0 Å². The van der Waals surface area contributed by atoms with Gasteiger partial charge >= 0.3 is 0 Å². The predicted molar refractivity (Wildman–Crippen MR) is 311 cm³/mol. The standard InChI is InChI=1S/C62H90N10O6/c1-11-19-25-45(15-5)39-69(40-46(16-6)26-20-12-2)57(73)49-29-23-31-51(35-49)65-67-55-43(9)53(37-63)59(75)71(61(55)77)33-34-72-60(76)54(38-64)44(10)56(62(72)78)68-66-52-32-24-30-50(36-52)58(74)70(41-47(17-7)27-21-13-3)42-48(18-8)28-22-14-4/h23-24,29-32,35-36,45-48,59,65,75-76H,11-22,25-28,33-34,39-42H2,1-10H3. The molecule has 4 rings (SSSR count). The number of benzene rings is 2. The molecule has 0 spiro atoms. The molecule has 0 saturated carbocycles. The third-order valence-electron chi connectivity index (χ3n) is 15.7. The lowest BCUT2D eigenvalue weighted by Crippen LogP contribution is -2.51. The highest BCUT2D eigenvalue weighted by atomic mass is 16.3. The molecule has 1 aliphatic rings. The fourth-order valence-electron chi connectivity index (χ4n) is 10.3. The van der Waals surface area contributed by atoms with Gasteiger partial charge in [-0.1, -0.05) is 145 Å². The van der Waals surface area contributed by atoms with E-state index in [9.17, 15) is 39.9 Å². The molecule has 424 valence electrons. The van der Waals surface area contributed by atoms with Crippen molar-refractivity contribution in [3.63, 3.8) is 0 Å². The molecule has 3 amide bonds. The normalized spacial score (nSPS) is 15.8. The highest BCUT2D eigenvalue weighted by Gasteiger charge is 2.37. The number of hydrogen-bond acceptors (Lipinski definition) is 12. The summed E-state index contributed by atoms with van der Waals surface area (Å²) >= 11 is 0. The average molecular weight is 1070 g/mol. The van der Waals surface area contributed by atoms with Crippen molar-refractivity contribution >= 4 is 40.5 Å². The molecule has 5 unspecified atom stereocenters. The van der Waals surface area contributed by atoms with Crippen molar-refractivity contribution in [2.75, 3.05) is 38.1 Å². The summed E-state index contributed by atoms with van der Waals surface area (Å²) in [5.41, 5.74) is 3.08. The van der Waals surface area contributed by atoms with E-state index in [-0.39, 0.29) is 45.5 Å². The zero-order chi connectivity index (χ0) is 57.3. The monoisotopic (exact) mass is 1070 g/mol. The second-order valence-electron chi connectivity index (χ2n) is 21.3. The highest BCUT2D eigenvalue weighted by Crippen LogP contribution is 2.30. The number of hydrogen-bond donors (Lipinski definition) is 3. The topological polar surface area (TPSA) is 220 Å². The summed E-state index contributed by atoms with van der Waals surface area (Å²) in [6, 6.07) is 17.6. The Morgan fingerprint density at radius 1 is 0.679 bits per heavy atom. The number of nitrogens with one attached hydrogen (secondary N) is 1. The summed E-state index contributed by atoms with van der Waals surface area (Å²) in [7, 11) is 0. The van der Waals surface area contributed by atoms with Crippen LogP contribution in [0, 0.1) is 53.3 Å². The molecule has 0 saturated heterocycles. The molecule has 3 N–H and O–H groups in total. The van der Waals surface area contributed by atoms with Crippen molar-refractivity contribution in [3.05, 3.63) is 92.3 Å². The van der Waals surface area contributed by atoms with Gasteiger partial charge in [0.05, 0.1) is 23.0 Å². The smallest absolute Gasteiger partial charge is 0.281 e. The maximum Gasteiger partial charge on any atom is 0.281 e. The number of pyridine rings is 1. The van der Waals surface area contributed by atoms with Crippen LogP contribution < -0.4 is 11.0 Å². The van der Waals surface area contributed by atoms with E-state index >= 15 is 0 Å². The van der Waals surface area contributed by atoms with Crippen molar-refractivity contribution in [1.82, 2.24) is 19.3 Å². The van der Waals surface area contributed by atoms with Crippen LogP contribution in [0.5, 0.6) is 5.88 Å². The van der Waals surface area contributed by atoms with Gasteiger partial charge < -0.3 is 24.9 Å². The third-order valence-corrected chi connectivity index (χ3v) is 15.7. The minimum absolute atomic E-state index is 0.0708. The molecule has 2 aromatic carbocycles. The summed E-state index contributed by atoms with van der Waals surface area (Å²) in [6.07, 6.45) is 15.1. The van der Waals surface area contributed by atoms with Crippen LogP contribution in [-0.2, 0) is 11.3 Å². The highest BCUT2D eigenvalue weighted by molar-refractivity contribution is 6.46. The number of carbonyl (C=O) groups excluding carboxylic acids is 3. The lowest BCUT2D eigenvalue weighted by atomic mass is 9.95. The molecule has 3 aromatic rings. The van der Waals surface area contributed by atoms with Crippen LogP contribution in [0.2, 0.25) is 0 Å². The Balaban J connectivity index is 1.63. The van der Waals surface area contributed by atoms with Gasteiger partial charge in [0.2, 0.25) is 5.88 Å². The molecule has 2 heterocycles. The first-order chi connectivity index (χ1) is 37.6. The number of azo groups is 1. The van der Waals surface area contributed by atoms with Gasteiger partial charge in [-0.05, 0) is 99.6 Å². The minimum Gasteiger partial charge on any atom is -0.493 e. The number of hydrazone groups is 1. The van der Waals surface area contributed by atoms with Crippen LogP contribution in [0.4, 0.5) is 17.1 Å². The molecule has 16 heteroatoms. The molecule has 78 heavy (non-hydrogen) atoms. The number of anilines is 1. The number of carbonyl (C=O) groups is 3. The van der Waals surface area contributed by atoms with E-state index in [1.807, 2.05) is 21.9 Å². The molecule has 0 fully saturated rings. The van der Waals surface area contributed by atoms with Gasteiger partial charge in [-0.3, -0.25) is 29.2 Å².